The maximum absolute atomic E-state index is 13.1. The number of carbonyl (C=O) groups excluding carboxylic acids is 1. The summed E-state index contributed by atoms with van der Waals surface area (Å²) in [5.41, 5.74) is 3.67. The second-order valence-corrected chi connectivity index (χ2v) is 8.16. The summed E-state index contributed by atoms with van der Waals surface area (Å²) in [6.45, 7) is 3.16. The highest BCUT2D eigenvalue weighted by atomic mass is 16.2. The molecule has 0 unspecified atom stereocenters. The van der Waals surface area contributed by atoms with Crippen LogP contribution in [-0.4, -0.2) is 50.4 Å². The normalized spacial score (nSPS) is 16.5. The van der Waals surface area contributed by atoms with Crippen molar-refractivity contribution >= 4 is 11.7 Å². The van der Waals surface area contributed by atoms with Crippen molar-refractivity contribution in [3.63, 3.8) is 0 Å². The van der Waals surface area contributed by atoms with E-state index in [-0.39, 0.29) is 5.91 Å². The number of hydrogen-bond acceptors (Lipinski definition) is 6. The summed E-state index contributed by atoms with van der Waals surface area (Å²) in [6.07, 6.45) is 12.5. The average Bonchev–Trinajstić information content (AvgIpc) is 3.13. The highest BCUT2D eigenvalue weighted by Crippen LogP contribution is 2.31. The van der Waals surface area contributed by atoms with Crippen molar-refractivity contribution in [1.29, 1.82) is 0 Å². The molecule has 7 nitrogen and oxygen atoms in total. The molecule has 5 rings (SSSR count). The van der Waals surface area contributed by atoms with Gasteiger partial charge in [-0.15, -0.1) is 0 Å². The van der Waals surface area contributed by atoms with Gasteiger partial charge in [0.2, 0.25) is 0 Å². The Labute approximate surface area is 182 Å². The molecule has 5 heterocycles. The van der Waals surface area contributed by atoms with Crippen LogP contribution in [0.25, 0.3) is 11.4 Å². The number of rotatable bonds is 3. The monoisotopic (exact) mass is 414 g/mol. The molecule has 0 saturated carbocycles. The number of anilines is 1. The molecule has 0 spiro atoms. The highest BCUT2D eigenvalue weighted by molar-refractivity contribution is 5.94. The van der Waals surface area contributed by atoms with Crippen molar-refractivity contribution in [2.75, 3.05) is 24.5 Å². The Morgan fingerprint density at radius 2 is 1.65 bits per heavy atom. The summed E-state index contributed by atoms with van der Waals surface area (Å²) in [7, 11) is 0. The molecule has 1 fully saturated rings. The molecule has 1 saturated heterocycles. The van der Waals surface area contributed by atoms with Crippen molar-refractivity contribution in [3.05, 3.63) is 65.9 Å². The van der Waals surface area contributed by atoms with E-state index in [0.717, 1.165) is 48.0 Å². The second kappa shape index (κ2) is 8.79. The van der Waals surface area contributed by atoms with Crippen molar-refractivity contribution in [3.8, 4) is 11.4 Å². The van der Waals surface area contributed by atoms with Crippen LogP contribution in [0.5, 0.6) is 0 Å². The third-order valence-electron chi connectivity index (χ3n) is 6.06. The van der Waals surface area contributed by atoms with Crippen LogP contribution in [0.4, 0.5) is 5.82 Å². The van der Waals surface area contributed by atoms with Gasteiger partial charge < -0.3 is 9.80 Å². The Morgan fingerprint density at radius 3 is 2.35 bits per heavy atom. The van der Waals surface area contributed by atoms with Gasteiger partial charge in [-0.2, -0.15) is 0 Å². The van der Waals surface area contributed by atoms with Gasteiger partial charge in [0, 0.05) is 62.0 Å². The predicted octanol–water partition coefficient (Wildman–Crippen LogP) is 3.51. The molecular weight excluding hydrogens is 388 g/mol. The van der Waals surface area contributed by atoms with Crippen LogP contribution in [0.15, 0.2) is 49.1 Å². The number of fused-ring (bicyclic) bond motifs is 1. The number of hydrogen-bond donors (Lipinski definition) is 0. The Kier molecular flexibility index (Phi) is 5.56. The molecule has 1 amide bonds. The van der Waals surface area contributed by atoms with Gasteiger partial charge in [-0.3, -0.25) is 14.8 Å². The van der Waals surface area contributed by atoms with Crippen LogP contribution in [0.3, 0.4) is 0 Å². The van der Waals surface area contributed by atoms with Gasteiger partial charge in [-0.05, 0) is 37.1 Å². The van der Waals surface area contributed by atoms with Gasteiger partial charge in [0.05, 0.1) is 17.8 Å². The minimum Gasteiger partial charge on any atom is -0.356 e. The Balaban J connectivity index is 1.53. The largest absolute Gasteiger partial charge is 0.356 e. The van der Waals surface area contributed by atoms with Gasteiger partial charge in [0.1, 0.15) is 5.82 Å². The Morgan fingerprint density at radius 1 is 0.871 bits per heavy atom. The minimum atomic E-state index is 0.0110. The Hall–Kier alpha value is -3.35. The second-order valence-electron chi connectivity index (χ2n) is 8.16. The van der Waals surface area contributed by atoms with Gasteiger partial charge in [0.15, 0.2) is 5.82 Å². The highest BCUT2D eigenvalue weighted by Gasteiger charge is 2.28. The van der Waals surface area contributed by atoms with Gasteiger partial charge in [-0.1, -0.05) is 12.8 Å². The van der Waals surface area contributed by atoms with Crippen molar-refractivity contribution < 1.29 is 4.79 Å². The fourth-order valence-corrected chi connectivity index (χ4v) is 4.41. The van der Waals surface area contributed by atoms with E-state index in [1.165, 1.54) is 25.7 Å². The first kappa shape index (κ1) is 19.6. The quantitative estimate of drug-likeness (QED) is 0.653. The number of pyridine rings is 2. The molecule has 3 aromatic heterocycles. The summed E-state index contributed by atoms with van der Waals surface area (Å²) >= 11 is 0. The summed E-state index contributed by atoms with van der Waals surface area (Å²) in [6, 6.07) is 7.54. The fourth-order valence-electron chi connectivity index (χ4n) is 4.41. The van der Waals surface area contributed by atoms with Crippen LogP contribution in [-0.2, 0) is 13.0 Å². The van der Waals surface area contributed by atoms with E-state index >= 15 is 0 Å². The zero-order chi connectivity index (χ0) is 21.0. The molecule has 0 aromatic carbocycles. The predicted molar refractivity (Wildman–Crippen MR) is 119 cm³/mol. The third kappa shape index (κ3) is 4.13. The molecular formula is C24H26N6O. The summed E-state index contributed by atoms with van der Waals surface area (Å²) < 4.78 is 0. The molecule has 0 aliphatic carbocycles. The lowest BCUT2D eigenvalue weighted by atomic mass is 10.0. The summed E-state index contributed by atoms with van der Waals surface area (Å²) in [5, 5.41) is 0. The molecule has 7 heteroatoms. The molecule has 0 radical (unpaired) electrons. The van der Waals surface area contributed by atoms with E-state index in [9.17, 15) is 4.79 Å². The van der Waals surface area contributed by atoms with E-state index in [2.05, 4.69) is 14.9 Å². The molecule has 3 aromatic rings. The lowest BCUT2D eigenvalue weighted by molar-refractivity contribution is 0.0733. The maximum Gasteiger partial charge on any atom is 0.255 e. The third-order valence-corrected chi connectivity index (χ3v) is 6.06. The van der Waals surface area contributed by atoms with Gasteiger partial charge >= 0.3 is 0 Å². The lowest BCUT2D eigenvalue weighted by Gasteiger charge is -2.33. The lowest BCUT2D eigenvalue weighted by Crippen LogP contribution is -2.38. The molecule has 0 bridgehead atoms. The zero-order valence-corrected chi connectivity index (χ0v) is 17.6. The molecule has 31 heavy (non-hydrogen) atoms. The fraction of sp³-hybridized carbons (Fsp3) is 0.375. The minimum absolute atomic E-state index is 0.0110. The first-order valence-corrected chi connectivity index (χ1v) is 11.0. The van der Waals surface area contributed by atoms with Crippen LogP contribution < -0.4 is 4.90 Å². The molecule has 158 valence electrons. The van der Waals surface area contributed by atoms with E-state index in [1.54, 1.807) is 24.7 Å². The van der Waals surface area contributed by atoms with Crippen molar-refractivity contribution in [2.45, 2.75) is 38.6 Å². The molecule has 0 N–H and O–H groups in total. The van der Waals surface area contributed by atoms with E-state index in [4.69, 9.17) is 9.97 Å². The van der Waals surface area contributed by atoms with Gasteiger partial charge in [-0.25, -0.2) is 9.97 Å². The first-order chi connectivity index (χ1) is 15.3. The van der Waals surface area contributed by atoms with Crippen LogP contribution in [0.1, 0.15) is 47.3 Å². The average molecular weight is 415 g/mol. The maximum atomic E-state index is 13.1. The number of carbonyl (C=O) groups is 1. The molecule has 2 aliphatic heterocycles. The number of nitrogens with zero attached hydrogens (tertiary/aromatic N) is 6. The molecule has 2 aliphatic rings. The van der Waals surface area contributed by atoms with Crippen LogP contribution in [0.2, 0.25) is 0 Å². The van der Waals surface area contributed by atoms with Crippen molar-refractivity contribution in [2.24, 2.45) is 0 Å². The number of aromatic nitrogens is 4. The van der Waals surface area contributed by atoms with Gasteiger partial charge in [0.25, 0.3) is 5.91 Å². The SMILES string of the molecule is O=C(c1cccnc1)N1CCc2nc(-c3cccnc3)nc(N3CCCCCC3)c2C1. The number of amides is 1. The van der Waals surface area contributed by atoms with Crippen LogP contribution >= 0.6 is 0 Å². The van der Waals surface area contributed by atoms with E-state index < -0.39 is 0 Å². The van der Waals surface area contributed by atoms with Crippen molar-refractivity contribution in [1.82, 2.24) is 24.8 Å². The zero-order valence-electron chi connectivity index (χ0n) is 17.6. The first-order valence-electron chi connectivity index (χ1n) is 11.0. The molecule has 0 atom stereocenters. The van der Waals surface area contributed by atoms with Crippen LogP contribution in [0, 0.1) is 0 Å². The summed E-state index contributed by atoms with van der Waals surface area (Å²) in [5.74, 6) is 1.71. The Bertz CT molecular complexity index is 1050. The standard InChI is InChI=1S/C24H26N6O/c31-24(19-8-6-11-26-16-19)30-14-9-21-20(17-30)23(29-12-3-1-2-4-13-29)28-22(27-21)18-7-5-10-25-15-18/h5-8,10-11,15-16H,1-4,9,12-14,17H2. The smallest absolute Gasteiger partial charge is 0.255 e. The topological polar surface area (TPSA) is 75.1 Å². The summed E-state index contributed by atoms with van der Waals surface area (Å²) in [4.78, 5) is 35.6. The van der Waals surface area contributed by atoms with E-state index in [1.807, 2.05) is 29.3 Å². The van der Waals surface area contributed by atoms with E-state index in [0.29, 0.717) is 18.7 Å².